The summed E-state index contributed by atoms with van der Waals surface area (Å²) in [6.45, 7) is 16.2. The molecule has 0 saturated carbocycles. The summed E-state index contributed by atoms with van der Waals surface area (Å²) < 4.78 is 11.6. The number of carbonyl (C=O) groups is 2. The van der Waals surface area contributed by atoms with Gasteiger partial charge in [-0.2, -0.15) is 0 Å². The van der Waals surface area contributed by atoms with E-state index in [1.165, 1.54) is 6.07 Å². The van der Waals surface area contributed by atoms with Gasteiger partial charge in [0.1, 0.15) is 34.1 Å². The normalized spacial score (nSPS) is 19.0. The van der Waals surface area contributed by atoms with E-state index < -0.39 is 17.2 Å². The highest BCUT2D eigenvalue weighted by molar-refractivity contribution is 6.00. The first kappa shape index (κ1) is 46.3. The van der Waals surface area contributed by atoms with Crippen LogP contribution in [0.5, 0.6) is 0 Å². The monoisotopic (exact) mass is 858 g/mol. The average Bonchev–Trinajstić information content (AvgIpc) is 3.88. The molecular formula is C48H58N8O7. The fourth-order valence-electron chi connectivity index (χ4n) is 7.88. The molecule has 4 N–H and O–H groups in total. The molecule has 2 aliphatic heterocycles. The van der Waals surface area contributed by atoms with Gasteiger partial charge in [0.25, 0.3) is 5.91 Å². The molecule has 2 aliphatic rings. The number of nitrogens with zero attached hydrogens (tertiary/aromatic N) is 7. The summed E-state index contributed by atoms with van der Waals surface area (Å²) in [4.78, 5) is 52.2. The van der Waals surface area contributed by atoms with Gasteiger partial charge in [-0.05, 0) is 105 Å². The average molecular weight is 859 g/mol. The fraction of sp³-hybridized carbons (Fsp3) is 0.417. The van der Waals surface area contributed by atoms with Crippen LogP contribution in [0.15, 0.2) is 94.3 Å². The number of hydrogen-bond donors (Lipinski definition) is 4. The number of aryl methyl sites for hydroxylation is 2. The maximum Gasteiger partial charge on any atom is 0.336 e. The van der Waals surface area contributed by atoms with E-state index in [1.54, 1.807) is 82.8 Å². The van der Waals surface area contributed by atoms with Gasteiger partial charge in [0.2, 0.25) is 0 Å². The Hall–Kier alpha value is -6.16. The predicted octanol–water partition coefficient (Wildman–Crippen LogP) is 7.98. The Balaban J connectivity index is 0.000000174. The van der Waals surface area contributed by atoms with Crippen LogP contribution < -0.4 is 5.32 Å². The molecule has 0 aliphatic carbocycles. The van der Waals surface area contributed by atoms with Crippen molar-refractivity contribution in [1.29, 1.82) is 0 Å². The second-order valence-corrected chi connectivity index (χ2v) is 17.2. The third-order valence-electron chi connectivity index (χ3n) is 11.2. The summed E-state index contributed by atoms with van der Waals surface area (Å²) in [6.07, 6.45) is 10.5. The van der Waals surface area contributed by atoms with Gasteiger partial charge >= 0.3 is 5.97 Å². The molecule has 2 fully saturated rings. The third-order valence-corrected chi connectivity index (χ3v) is 11.2. The molecule has 15 nitrogen and oxygen atoms in total. The number of carbonyl (C=O) groups excluding carboxylic acids is 1. The molecule has 332 valence electrons. The van der Waals surface area contributed by atoms with Crippen LogP contribution in [0.1, 0.15) is 134 Å². The van der Waals surface area contributed by atoms with Crippen LogP contribution >= 0.6 is 0 Å². The maximum atomic E-state index is 13.6. The number of aromatic carboxylic acids is 1. The number of carboxylic acids is 1. The first-order chi connectivity index (χ1) is 29.9. The zero-order valence-corrected chi connectivity index (χ0v) is 37.2. The molecule has 2 saturated heterocycles. The second kappa shape index (κ2) is 19.9. The number of amides is 1. The number of benzene rings is 2. The van der Waals surface area contributed by atoms with Gasteiger partial charge in [-0.15, -0.1) is 0 Å². The van der Waals surface area contributed by atoms with E-state index >= 15 is 0 Å². The molecule has 6 heterocycles. The number of oxazole rings is 2. The van der Waals surface area contributed by atoms with Crippen LogP contribution in [0, 0.1) is 13.8 Å². The molecule has 8 rings (SSSR count). The SMILES string of the molecule is Cc1oc([C@@H]2CC[C@@H](C)N(C(=O)c3ccccc3-c3ncccn3)C2)nc1C(C)(C)O.Cc1oc([C@@H]2CC[C@@H](C)NC2)nc1C(C)(C)O.O=C(O)c1ccccc1-c1ncccn1. The summed E-state index contributed by atoms with van der Waals surface area (Å²) in [5, 5.41) is 32.7. The fourth-order valence-corrected chi connectivity index (χ4v) is 7.88. The largest absolute Gasteiger partial charge is 0.478 e. The van der Waals surface area contributed by atoms with E-state index in [9.17, 15) is 19.8 Å². The molecule has 6 aromatic rings. The van der Waals surface area contributed by atoms with Crippen molar-refractivity contribution in [3.05, 3.63) is 131 Å². The molecule has 0 bridgehead atoms. The lowest BCUT2D eigenvalue weighted by atomic mass is 9.92. The van der Waals surface area contributed by atoms with E-state index in [1.807, 2.05) is 43.0 Å². The summed E-state index contributed by atoms with van der Waals surface area (Å²) in [6, 6.07) is 18.2. The number of nitrogens with one attached hydrogen (secondary N) is 1. The highest BCUT2D eigenvalue weighted by Crippen LogP contribution is 2.35. The van der Waals surface area contributed by atoms with E-state index in [4.69, 9.17) is 13.9 Å². The Morgan fingerprint density at radius 3 is 1.59 bits per heavy atom. The minimum atomic E-state index is -1.07. The Morgan fingerprint density at radius 1 is 0.667 bits per heavy atom. The molecule has 0 radical (unpaired) electrons. The molecule has 2 aromatic carbocycles. The number of piperidine rings is 2. The van der Waals surface area contributed by atoms with Crippen LogP contribution in [0.25, 0.3) is 22.8 Å². The topological polar surface area (TPSA) is 214 Å². The second-order valence-electron chi connectivity index (χ2n) is 17.2. The number of aliphatic hydroxyl groups is 2. The third kappa shape index (κ3) is 11.5. The van der Waals surface area contributed by atoms with Gasteiger partial charge in [-0.1, -0.05) is 36.4 Å². The van der Waals surface area contributed by atoms with Crippen molar-refractivity contribution in [2.75, 3.05) is 13.1 Å². The van der Waals surface area contributed by atoms with Crippen LogP contribution in [-0.2, 0) is 11.2 Å². The summed E-state index contributed by atoms with van der Waals surface area (Å²) in [5.74, 6) is 2.94. The van der Waals surface area contributed by atoms with E-state index in [2.05, 4.69) is 49.1 Å². The molecule has 4 aromatic heterocycles. The Bertz CT molecular complexity index is 2450. The lowest BCUT2D eigenvalue weighted by molar-refractivity contribution is 0.0594. The number of likely N-dealkylation sites (tertiary alicyclic amines) is 1. The first-order valence-electron chi connectivity index (χ1n) is 21.3. The predicted molar refractivity (Wildman–Crippen MR) is 237 cm³/mol. The zero-order chi connectivity index (χ0) is 45.5. The van der Waals surface area contributed by atoms with Crippen LogP contribution in [0.3, 0.4) is 0 Å². The lowest BCUT2D eigenvalue weighted by Crippen LogP contribution is -2.45. The Labute approximate surface area is 368 Å². The molecule has 0 unspecified atom stereocenters. The molecule has 0 spiro atoms. The Kier molecular flexibility index (Phi) is 14.6. The molecule has 15 heteroatoms. The van der Waals surface area contributed by atoms with Crippen LogP contribution in [0.4, 0.5) is 0 Å². The van der Waals surface area contributed by atoms with Crippen molar-refractivity contribution in [2.24, 2.45) is 0 Å². The molecule has 63 heavy (non-hydrogen) atoms. The smallest absolute Gasteiger partial charge is 0.336 e. The summed E-state index contributed by atoms with van der Waals surface area (Å²) in [7, 11) is 0. The van der Waals surface area contributed by atoms with Crippen molar-refractivity contribution >= 4 is 11.9 Å². The number of rotatable bonds is 8. The van der Waals surface area contributed by atoms with Gasteiger partial charge in [0.15, 0.2) is 23.4 Å². The quantitative estimate of drug-likeness (QED) is 0.114. The van der Waals surface area contributed by atoms with E-state index in [0.717, 1.165) is 49.4 Å². The van der Waals surface area contributed by atoms with E-state index in [0.29, 0.717) is 64.3 Å². The van der Waals surface area contributed by atoms with E-state index in [-0.39, 0.29) is 23.4 Å². The van der Waals surface area contributed by atoms with Gasteiger partial charge in [0.05, 0.1) is 17.0 Å². The van der Waals surface area contributed by atoms with Crippen molar-refractivity contribution < 1.29 is 33.7 Å². The van der Waals surface area contributed by atoms with Gasteiger partial charge in [0, 0.05) is 67.0 Å². The lowest BCUT2D eigenvalue weighted by Gasteiger charge is -2.37. The van der Waals surface area contributed by atoms with Crippen LogP contribution in [-0.4, -0.2) is 87.2 Å². The van der Waals surface area contributed by atoms with Gasteiger partial charge in [-0.25, -0.2) is 34.7 Å². The highest BCUT2D eigenvalue weighted by atomic mass is 16.4. The van der Waals surface area contributed by atoms with Crippen molar-refractivity contribution in [3.63, 3.8) is 0 Å². The number of aromatic nitrogens is 6. The summed E-state index contributed by atoms with van der Waals surface area (Å²) >= 11 is 0. The zero-order valence-electron chi connectivity index (χ0n) is 37.2. The molecule has 4 atom stereocenters. The maximum absolute atomic E-state index is 13.6. The van der Waals surface area contributed by atoms with Gasteiger partial charge in [-0.3, -0.25) is 4.79 Å². The van der Waals surface area contributed by atoms with Crippen molar-refractivity contribution in [1.82, 2.24) is 40.1 Å². The summed E-state index contributed by atoms with van der Waals surface area (Å²) in [5.41, 5.74) is 1.26. The first-order valence-corrected chi connectivity index (χ1v) is 21.3. The van der Waals surface area contributed by atoms with Gasteiger partial charge < -0.3 is 34.4 Å². The van der Waals surface area contributed by atoms with Crippen molar-refractivity contribution in [3.8, 4) is 22.8 Å². The standard InChI is InChI=1S/C24H28N4O3.C13H22N2O2.C11H8N2O2/c1-15-10-11-17(22-27-20(16(2)31-22)24(3,4)30)14-28(15)23(29)19-9-6-5-8-18(19)21-25-12-7-13-26-21;1-8-5-6-10(7-14-8)12-15-11(9(2)17-12)13(3,4)16;14-11(15)9-5-2-1-4-8(9)10-12-6-3-7-13-10/h5-9,12-13,15,17,30H,10-11,14H2,1-4H3;8,10,14,16H,5-7H2,1-4H3;1-7H,(H,14,15)/t15-,17-;8-,10-;/m11./s1. The minimum absolute atomic E-state index is 0.0184. The highest BCUT2D eigenvalue weighted by Gasteiger charge is 2.36. The van der Waals surface area contributed by atoms with Crippen molar-refractivity contribution in [2.45, 2.75) is 116 Å². The number of carboxylic acid groups (broad SMARTS) is 1. The molecular weight excluding hydrogens is 801 g/mol. The Morgan fingerprint density at radius 2 is 1.13 bits per heavy atom. The van der Waals surface area contributed by atoms with Crippen LogP contribution in [0.2, 0.25) is 0 Å². The minimum Gasteiger partial charge on any atom is -0.478 e. The molecule has 1 amide bonds. The number of hydrogen-bond acceptors (Lipinski definition) is 13.